The Morgan fingerprint density at radius 2 is 1.31 bits per heavy atom. The van der Waals surface area contributed by atoms with Crippen molar-refractivity contribution in [3.05, 3.63) is 0 Å². The first-order chi connectivity index (χ1) is 7.77. The summed E-state index contributed by atoms with van der Waals surface area (Å²) in [6, 6.07) is 0. The van der Waals surface area contributed by atoms with Gasteiger partial charge in [0.15, 0.2) is 0 Å². The Bertz CT molecular complexity index is 126. The second-order valence-electron chi connectivity index (χ2n) is 4.36. The summed E-state index contributed by atoms with van der Waals surface area (Å²) in [5.41, 5.74) is 0. The number of ether oxygens (including phenoxy) is 1. The summed E-state index contributed by atoms with van der Waals surface area (Å²) in [6.07, 6.45) is 12.6. The van der Waals surface area contributed by atoms with Gasteiger partial charge in [-0.15, -0.1) is 0 Å². The minimum atomic E-state index is -1.85. The molecular formula is C13H27O3. The molecule has 0 heterocycles. The third-order valence-electron chi connectivity index (χ3n) is 2.76. The quantitative estimate of drug-likeness (QED) is 0.412. The zero-order valence-corrected chi connectivity index (χ0v) is 10.6. The normalized spacial score (nSPS) is 11.2. The molecule has 16 heavy (non-hydrogen) atoms. The van der Waals surface area contributed by atoms with Gasteiger partial charge in [0.1, 0.15) is 0 Å². The van der Waals surface area contributed by atoms with Crippen LogP contribution in [-0.4, -0.2) is 18.2 Å². The highest BCUT2D eigenvalue weighted by molar-refractivity contribution is 4.47. The topological polar surface area (TPSA) is 49.4 Å². The first kappa shape index (κ1) is 15.9. The summed E-state index contributed by atoms with van der Waals surface area (Å²) in [5, 5.41) is 18.4. The molecule has 0 spiro atoms. The van der Waals surface area contributed by atoms with Crippen LogP contribution >= 0.6 is 0 Å². The smallest absolute Gasteiger partial charge is 0.299 e. The largest absolute Gasteiger partial charge is 0.344 e. The lowest BCUT2D eigenvalue weighted by Gasteiger charge is -2.04. The highest BCUT2D eigenvalue weighted by Gasteiger charge is 1.97. The zero-order chi connectivity index (χ0) is 12.1. The average molecular weight is 231 g/mol. The van der Waals surface area contributed by atoms with E-state index in [9.17, 15) is 5.11 Å². The molecule has 0 saturated carbocycles. The molecule has 0 rings (SSSR count). The van der Waals surface area contributed by atoms with Gasteiger partial charge in [-0.3, -0.25) is 0 Å². The minimum Gasteiger partial charge on any atom is -0.344 e. The van der Waals surface area contributed by atoms with E-state index in [1.165, 1.54) is 51.4 Å². The lowest BCUT2D eigenvalue weighted by atomic mass is 10.1. The molecule has 1 N–H and O–H groups in total. The van der Waals surface area contributed by atoms with Crippen LogP contribution < -0.4 is 0 Å². The van der Waals surface area contributed by atoms with Crippen molar-refractivity contribution in [3.63, 3.8) is 0 Å². The van der Waals surface area contributed by atoms with Gasteiger partial charge in [-0.2, -0.15) is 5.11 Å². The summed E-state index contributed by atoms with van der Waals surface area (Å²) in [4.78, 5) is 0. The molecule has 0 amide bonds. The molecule has 0 aromatic heterocycles. The average Bonchev–Trinajstić information content (AvgIpc) is 2.25. The van der Waals surface area contributed by atoms with Crippen molar-refractivity contribution in [1.29, 1.82) is 0 Å². The van der Waals surface area contributed by atoms with E-state index in [1.54, 1.807) is 0 Å². The first-order valence-electron chi connectivity index (χ1n) is 6.73. The lowest BCUT2D eigenvalue weighted by molar-refractivity contribution is -0.266. The van der Waals surface area contributed by atoms with E-state index in [0.29, 0.717) is 6.61 Å². The Kier molecular flexibility index (Phi) is 12.9. The van der Waals surface area contributed by atoms with Gasteiger partial charge in [0.25, 0.3) is 6.48 Å². The number of aliphatic hydroxyl groups excluding tert-OH is 1. The number of aliphatic hydroxyl groups is 1. The van der Waals surface area contributed by atoms with Crippen molar-refractivity contribution in [2.24, 2.45) is 0 Å². The van der Waals surface area contributed by atoms with E-state index in [0.717, 1.165) is 12.8 Å². The van der Waals surface area contributed by atoms with Crippen molar-refractivity contribution >= 4 is 0 Å². The fraction of sp³-hybridized carbons (Fsp3) is 1.00. The summed E-state index contributed by atoms with van der Waals surface area (Å²) in [5.74, 6) is 0. The van der Waals surface area contributed by atoms with Gasteiger partial charge in [0.05, 0.1) is 6.61 Å². The van der Waals surface area contributed by atoms with Gasteiger partial charge in [0, 0.05) is 0 Å². The second-order valence-corrected chi connectivity index (χ2v) is 4.36. The Balaban J connectivity index is 2.88. The van der Waals surface area contributed by atoms with E-state index in [1.807, 2.05) is 0 Å². The van der Waals surface area contributed by atoms with Crippen LogP contribution in [0.25, 0.3) is 0 Å². The SMILES string of the molecule is CCCCCCCCCCCCOC([O])O. The van der Waals surface area contributed by atoms with Crippen molar-refractivity contribution in [3.8, 4) is 0 Å². The van der Waals surface area contributed by atoms with Gasteiger partial charge < -0.3 is 9.84 Å². The molecule has 0 aliphatic heterocycles. The van der Waals surface area contributed by atoms with Crippen molar-refractivity contribution < 1.29 is 14.9 Å². The van der Waals surface area contributed by atoms with Gasteiger partial charge in [-0.05, 0) is 6.42 Å². The summed E-state index contributed by atoms with van der Waals surface area (Å²) >= 11 is 0. The predicted molar refractivity (Wildman–Crippen MR) is 64.5 cm³/mol. The lowest BCUT2D eigenvalue weighted by Crippen LogP contribution is -2.09. The van der Waals surface area contributed by atoms with Crippen LogP contribution in [0.4, 0.5) is 0 Å². The van der Waals surface area contributed by atoms with Crippen molar-refractivity contribution in [2.75, 3.05) is 6.61 Å². The van der Waals surface area contributed by atoms with E-state index in [2.05, 4.69) is 11.7 Å². The Morgan fingerprint density at radius 3 is 1.75 bits per heavy atom. The molecule has 3 heteroatoms. The summed E-state index contributed by atoms with van der Waals surface area (Å²) < 4.78 is 4.51. The summed E-state index contributed by atoms with van der Waals surface area (Å²) in [6.45, 7) is 0.779. The molecule has 3 nitrogen and oxygen atoms in total. The highest BCUT2D eigenvalue weighted by Crippen LogP contribution is 2.10. The van der Waals surface area contributed by atoms with Crippen LogP contribution in [0.15, 0.2) is 0 Å². The maximum atomic E-state index is 10.1. The molecule has 0 aliphatic carbocycles. The molecule has 1 atom stereocenters. The van der Waals surface area contributed by atoms with Gasteiger partial charge in [-0.25, -0.2) is 0 Å². The molecule has 0 aromatic rings. The molecule has 0 aliphatic rings. The number of hydrogen-bond acceptors (Lipinski definition) is 2. The maximum absolute atomic E-state index is 10.1. The van der Waals surface area contributed by atoms with Crippen LogP contribution in [0.5, 0.6) is 0 Å². The van der Waals surface area contributed by atoms with Gasteiger partial charge in [-0.1, -0.05) is 64.7 Å². The fourth-order valence-electron chi connectivity index (χ4n) is 1.77. The highest BCUT2D eigenvalue weighted by atomic mass is 16.7. The number of rotatable bonds is 12. The molecule has 0 aromatic carbocycles. The predicted octanol–water partition coefficient (Wildman–Crippen LogP) is 3.63. The van der Waals surface area contributed by atoms with E-state index >= 15 is 0 Å². The minimum absolute atomic E-state index is 0.390. The Morgan fingerprint density at radius 1 is 0.875 bits per heavy atom. The Hall–Kier alpha value is -0.120. The zero-order valence-electron chi connectivity index (χ0n) is 10.6. The third kappa shape index (κ3) is 13.9. The number of hydrogen-bond donors (Lipinski definition) is 1. The Labute approximate surface area is 99.8 Å². The third-order valence-corrected chi connectivity index (χ3v) is 2.76. The molecule has 0 bridgehead atoms. The first-order valence-corrected chi connectivity index (χ1v) is 6.73. The standard InChI is InChI=1S/C13H27O3/c1-2-3-4-5-6-7-8-9-10-11-12-16-13(14)15/h13-14H,2-12H2,1H3. The van der Waals surface area contributed by atoms with Crippen LogP contribution in [-0.2, 0) is 9.84 Å². The second kappa shape index (κ2) is 12.9. The molecule has 1 radical (unpaired) electrons. The van der Waals surface area contributed by atoms with E-state index in [4.69, 9.17) is 5.11 Å². The van der Waals surface area contributed by atoms with E-state index in [-0.39, 0.29) is 0 Å². The van der Waals surface area contributed by atoms with Gasteiger partial charge in [0.2, 0.25) is 0 Å². The van der Waals surface area contributed by atoms with Crippen molar-refractivity contribution in [1.82, 2.24) is 0 Å². The van der Waals surface area contributed by atoms with Crippen LogP contribution in [0.2, 0.25) is 0 Å². The van der Waals surface area contributed by atoms with Gasteiger partial charge >= 0.3 is 0 Å². The molecule has 97 valence electrons. The molecular weight excluding hydrogens is 204 g/mol. The van der Waals surface area contributed by atoms with Crippen molar-refractivity contribution in [2.45, 2.75) is 77.6 Å². The fourth-order valence-corrected chi connectivity index (χ4v) is 1.77. The van der Waals surface area contributed by atoms with E-state index < -0.39 is 6.48 Å². The molecule has 0 fully saturated rings. The van der Waals surface area contributed by atoms with Crippen LogP contribution in [0, 0.1) is 0 Å². The summed E-state index contributed by atoms with van der Waals surface area (Å²) in [7, 11) is 0. The number of unbranched alkanes of at least 4 members (excludes halogenated alkanes) is 9. The van der Waals surface area contributed by atoms with Crippen LogP contribution in [0.3, 0.4) is 0 Å². The molecule has 1 unspecified atom stereocenters. The van der Waals surface area contributed by atoms with Crippen LogP contribution in [0.1, 0.15) is 71.1 Å². The molecule has 0 saturated heterocycles. The maximum Gasteiger partial charge on any atom is 0.299 e. The monoisotopic (exact) mass is 231 g/mol.